The molecule has 1 unspecified atom stereocenters. The van der Waals surface area contributed by atoms with Gasteiger partial charge in [0.05, 0.1) is 24.1 Å². The Hall–Kier alpha value is -2.68. The standard InChI is InChI=1S/C22H25N5O2S/c1-12-6-14-8-17(30-21(14)16(7-12)29-3)18-15(10-28-2)19(13-4-5-24-9-13)27-20(18)22(23)25-11-26-27/h6-8,11,13,24H,4-5,9-10H2,1-3H3,(H2,23,25,26). The van der Waals surface area contributed by atoms with E-state index in [0.717, 1.165) is 56.9 Å². The molecule has 1 fully saturated rings. The SMILES string of the molecule is COCc1c(-c2cc3cc(C)cc(OC)c3s2)c2c(N)ncnn2c1C1CCNC1. The van der Waals surface area contributed by atoms with Gasteiger partial charge < -0.3 is 20.5 Å². The highest BCUT2D eigenvalue weighted by molar-refractivity contribution is 7.22. The number of nitrogens with one attached hydrogen (secondary N) is 1. The first-order valence-corrected chi connectivity index (χ1v) is 10.9. The van der Waals surface area contributed by atoms with E-state index >= 15 is 0 Å². The number of rotatable bonds is 5. The van der Waals surface area contributed by atoms with Crippen LogP contribution < -0.4 is 15.8 Å². The van der Waals surface area contributed by atoms with Crippen LogP contribution in [0.2, 0.25) is 0 Å². The Morgan fingerprint density at radius 3 is 2.90 bits per heavy atom. The highest BCUT2D eigenvalue weighted by atomic mass is 32.1. The molecule has 1 aliphatic heterocycles. The maximum absolute atomic E-state index is 6.40. The summed E-state index contributed by atoms with van der Waals surface area (Å²) in [7, 11) is 3.45. The summed E-state index contributed by atoms with van der Waals surface area (Å²) in [6.07, 6.45) is 2.59. The fourth-order valence-corrected chi connectivity index (χ4v) is 5.79. The molecule has 1 aromatic carbocycles. The number of methoxy groups -OCH3 is 2. The Morgan fingerprint density at radius 1 is 1.30 bits per heavy atom. The molecular weight excluding hydrogens is 398 g/mol. The lowest BCUT2D eigenvalue weighted by molar-refractivity contribution is 0.184. The molecule has 1 atom stereocenters. The number of fused-ring (bicyclic) bond motifs is 2. The second-order valence-electron chi connectivity index (χ2n) is 7.76. The van der Waals surface area contributed by atoms with E-state index in [1.54, 1.807) is 25.6 Å². The number of benzene rings is 1. The predicted molar refractivity (Wildman–Crippen MR) is 120 cm³/mol. The van der Waals surface area contributed by atoms with Crippen LogP contribution in [0.4, 0.5) is 5.82 Å². The summed E-state index contributed by atoms with van der Waals surface area (Å²) < 4.78 is 14.4. The van der Waals surface area contributed by atoms with Crippen molar-refractivity contribution in [3.63, 3.8) is 0 Å². The highest BCUT2D eigenvalue weighted by Crippen LogP contribution is 2.45. The first-order chi connectivity index (χ1) is 14.6. The van der Waals surface area contributed by atoms with Crippen LogP contribution >= 0.6 is 11.3 Å². The van der Waals surface area contributed by atoms with Crippen LogP contribution in [0.1, 0.15) is 29.2 Å². The molecule has 3 aromatic heterocycles. The Balaban J connectivity index is 1.84. The number of aryl methyl sites for hydroxylation is 1. The summed E-state index contributed by atoms with van der Waals surface area (Å²) >= 11 is 1.71. The van der Waals surface area contributed by atoms with Gasteiger partial charge in [-0.3, -0.25) is 0 Å². The second-order valence-corrected chi connectivity index (χ2v) is 8.82. The average molecular weight is 424 g/mol. The van der Waals surface area contributed by atoms with Gasteiger partial charge in [-0.2, -0.15) is 5.10 Å². The van der Waals surface area contributed by atoms with Crippen LogP contribution in [0.25, 0.3) is 26.0 Å². The zero-order valence-electron chi connectivity index (χ0n) is 17.4. The lowest BCUT2D eigenvalue weighted by Crippen LogP contribution is -2.12. The molecule has 1 aliphatic rings. The summed E-state index contributed by atoms with van der Waals surface area (Å²) in [5.41, 5.74) is 11.8. The fourth-order valence-electron chi connectivity index (χ4n) is 4.58. The van der Waals surface area contributed by atoms with Gasteiger partial charge in [-0.25, -0.2) is 9.50 Å². The number of nitrogens with two attached hydrogens (primary N) is 1. The minimum atomic E-state index is 0.358. The summed E-state index contributed by atoms with van der Waals surface area (Å²) in [4.78, 5) is 5.43. The molecule has 5 rings (SSSR count). The van der Waals surface area contributed by atoms with Crippen molar-refractivity contribution in [2.24, 2.45) is 0 Å². The van der Waals surface area contributed by atoms with Gasteiger partial charge in [0.2, 0.25) is 0 Å². The van der Waals surface area contributed by atoms with Gasteiger partial charge in [-0.05, 0) is 43.0 Å². The van der Waals surface area contributed by atoms with Gasteiger partial charge in [0.25, 0.3) is 0 Å². The first kappa shape index (κ1) is 19.3. The molecule has 4 aromatic rings. The van der Waals surface area contributed by atoms with Crippen LogP contribution in [-0.4, -0.2) is 41.9 Å². The Kier molecular flexibility index (Phi) is 4.85. The number of ether oxygens (including phenoxy) is 2. The third-order valence-electron chi connectivity index (χ3n) is 5.82. The van der Waals surface area contributed by atoms with Gasteiger partial charge in [0.1, 0.15) is 17.6 Å². The van der Waals surface area contributed by atoms with E-state index in [0.29, 0.717) is 18.3 Å². The minimum absolute atomic E-state index is 0.358. The Bertz CT molecular complexity index is 1240. The topological polar surface area (TPSA) is 86.7 Å². The minimum Gasteiger partial charge on any atom is -0.495 e. The van der Waals surface area contributed by atoms with Crippen molar-refractivity contribution < 1.29 is 9.47 Å². The van der Waals surface area contributed by atoms with Crippen molar-refractivity contribution >= 4 is 32.8 Å². The maximum Gasteiger partial charge on any atom is 0.152 e. The van der Waals surface area contributed by atoms with Gasteiger partial charge in [0, 0.05) is 35.6 Å². The summed E-state index contributed by atoms with van der Waals surface area (Å²) in [6.45, 7) is 4.50. The van der Waals surface area contributed by atoms with Crippen molar-refractivity contribution in [1.82, 2.24) is 19.9 Å². The summed E-state index contributed by atoms with van der Waals surface area (Å²) in [5, 5.41) is 9.23. The Morgan fingerprint density at radius 2 is 2.17 bits per heavy atom. The normalized spacial score (nSPS) is 16.7. The van der Waals surface area contributed by atoms with Gasteiger partial charge in [-0.1, -0.05) is 6.07 Å². The van der Waals surface area contributed by atoms with Crippen molar-refractivity contribution in [3.8, 4) is 16.2 Å². The number of hydrogen-bond donors (Lipinski definition) is 2. The molecule has 7 nitrogen and oxygen atoms in total. The molecule has 156 valence electrons. The average Bonchev–Trinajstić information content (AvgIpc) is 3.44. The van der Waals surface area contributed by atoms with Crippen LogP contribution in [0.3, 0.4) is 0 Å². The summed E-state index contributed by atoms with van der Waals surface area (Å²) in [5.74, 6) is 1.73. The lowest BCUT2D eigenvalue weighted by Gasteiger charge is -2.12. The first-order valence-electron chi connectivity index (χ1n) is 10.0. The number of nitrogen functional groups attached to an aromatic ring is 1. The van der Waals surface area contributed by atoms with Crippen LogP contribution in [-0.2, 0) is 11.3 Å². The molecule has 0 amide bonds. The molecule has 0 bridgehead atoms. The van der Waals surface area contributed by atoms with Gasteiger partial charge >= 0.3 is 0 Å². The van der Waals surface area contributed by atoms with E-state index in [9.17, 15) is 0 Å². The van der Waals surface area contributed by atoms with Crippen LogP contribution in [0, 0.1) is 6.92 Å². The molecule has 0 radical (unpaired) electrons. The zero-order valence-corrected chi connectivity index (χ0v) is 18.2. The molecule has 3 N–H and O–H groups in total. The monoisotopic (exact) mass is 423 g/mol. The van der Waals surface area contributed by atoms with Gasteiger partial charge in [-0.15, -0.1) is 11.3 Å². The number of aromatic nitrogens is 3. The van der Waals surface area contributed by atoms with E-state index in [1.807, 2.05) is 4.52 Å². The molecular formula is C22H25N5O2S. The molecule has 8 heteroatoms. The molecule has 0 spiro atoms. The molecule has 1 saturated heterocycles. The van der Waals surface area contributed by atoms with E-state index in [1.165, 1.54) is 17.6 Å². The van der Waals surface area contributed by atoms with Crippen LogP contribution in [0.15, 0.2) is 24.5 Å². The quantitative estimate of drug-likeness (QED) is 0.509. The fraction of sp³-hybridized carbons (Fsp3) is 0.364. The highest BCUT2D eigenvalue weighted by Gasteiger charge is 2.30. The van der Waals surface area contributed by atoms with Crippen molar-refractivity contribution in [2.75, 3.05) is 33.0 Å². The number of thiophene rings is 1. The Labute approximate surface area is 178 Å². The number of anilines is 1. The van der Waals surface area contributed by atoms with E-state index in [-0.39, 0.29) is 0 Å². The van der Waals surface area contributed by atoms with Crippen LogP contribution in [0.5, 0.6) is 5.75 Å². The van der Waals surface area contributed by atoms with Crippen molar-refractivity contribution in [3.05, 3.63) is 41.3 Å². The van der Waals surface area contributed by atoms with Crippen molar-refractivity contribution in [2.45, 2.75) is 25.9 Å². The predicted octanol–water partition coefficient (Wildman–Crippen LogP) is 3.73. The second kappa shape index (κ2) is 7.54. The molecule has 30 heavy (non-hydrogen) atoms. The van der Waals surface area contributed by atoms with E-state index < -0.39 is 0 Å². The van der Waals surface area contributed by atoms with E-state index in [4.69, 9.17) is 15.2 Å². The van der Waals surface area contributed by atoms with E-state index in [2.05, 4.69) is 40.5 Å². The summed E-state index contributed by atoms with van der Waals surface area (Å²) in [6, 6.07) is 6.48. The number of nitrogens with zero attached hydrogens (tertiary/aromatic N) is 3. The third-order valence-corrected chi connectivity index (χ3v) is 7.01. The van der Waals surface area contributed by atoms with Crippen molar-refractivity contribution in [1.29, 1.82) is 0 Å². The number of hydrogen-bond acceptors (Lipinski definition) is 7. The maximum atomic E-state index is 6.40. The molecule has 0 aliphatic carbocycles. The zero-order chi connectivity index (χ0) is 20.8. The largest absolute Gasteiger partial charge is 0.495 e. The smallest absolute Gasteiger partial charge is 0.152 e. The lowest BCUT2D eigenvalue weighted by atomic mass is 9.98. The molecule has 4 heterocycles. The third kappa shape index (κ3) is 2.94. The molecule has 0 saturated carbocycles. The van der Waals surface area contributed by atoms with Gasteiger partial charge in [0.15, 0.2) is 5.82 Å².